The smallest absolute Gasteiger partial charge is 0.176 e. The van der Waals surface area contributed by atoms with Crippen LogP contribution in [0.1, 0.15) is 6.92 Å². The average molecular weight is 537 g/mol. The van der Waals surface area contributed by atoms with Crippen LogP contribution in [0.5, 0.6) is 0 Å². The minimum Gasteiger partial charge on any atom is -0.388 e. The predicted molar refractivity (Wildman–Crippen MR) is 130 cm³/mol. The molecule has 6 unspecified atom stereocenters. The van der Waals surface area contributed by atoms with Gasteiger partial charge in [-0.15, -0.1) is 0 Å². The number of hydrogen-bond donors (Lipinski definition) is 4. The second kappa shape index (κ2) is 15.6. The first kappa shape index (κ1) is 29.0. The third-order valence-electron chi connectivity index (χ3n) is 5.36. The van der Waals surface area contributed by atoms with E-state index in [1.165, 1.54) is 6.92 Å². The van der Waals surface area contributed by atoms with Crippen LogP contribution in [0.15, 0.2) is 29.4 Å². The summed E-state index contributed by atoms with van der Waals surface area (Å²) in [6.45, 7) is 4.90. The summed E-state index contributed by atoms with van der Waals surface area (Å²) < 4.78 is 33.5. The SMILES string of the molecule is CC(O)NC1C2OCC(COCCOCCOCCOCCSSc3ccccn3)(O2)C(O)C1O. The maximum atomic E-state index is 10.5. The highest BCUT2D eigenvalue weighted by molar-refractivity contribution is 8.76. The highest BCUT2D eigenvalue weighted by atomic mass is 33.1. The fraction of sp³-hybridized carbons (Fsp3) is 0.773. The van der Waals surface area contributed by atoms with Gasteiger partial charge < -0.3 is 43.7 Å². The maximum absolute atomic E-state index is 10.5. The summed E-state index contributed by atoms with van der Waals surface area (Å²) in [5, 5.41) is 34.2. The quantitative estimate of drug-likeness (QED) is 0.114. The monoisotopic (exact) mass is 536 g/mol. The van der Waals surface area contributed by atoms with Crippen LogP contribution in [-0.4, -0.2) is 122 Å². The Morgan fingerprint density at radius 1 is 1.09 bits per heavy atom. The normalized spacial score (nSPS) is 28.9. The molecule has 0 aliphatic carbocycles. The molecule has 3 rings (SSSR count). The molecule has 0 radical (unpaired) electrons. The van der Waals surface area contributed by atoms with Crippen molar-refractivity contribution in [2.24, 2.45) is 0 Å². The standard InChI is InChI=1S/C22H36N2O9S2/c1-16(25)24-18-19(26)20(27)22(15-32-21(18)33-22)14-31-11-10-29-7-6-28-8-9-30-12-13-34-35-17-4-2-3-5-23-17/h2-5,16,18-21,24-27H,6-15H2,1H3. The Hall–Kier alpha value is -0.550. The van der Waals surface area contributed by atoms with Gasteiger partial charge in [0.1, 0.15) is 29.1 Å². The van der Waals surface area contributed by atoms with E-state index in [1.54, 1.807) is 27.8 Å². The molecule has 4 N–H and O–H groups in total. The highest BCUT2D eigenvalue weighted by Gasteiger charge is 2.59. The highest BCUT2D eigenvalue weighted by Crippen LogP contribution is 2.37. The van der Waals surface area contributed by atoms with E-state index < -0.39 is 36.4 Å². The van der Waals surface area contributed by atoms with Crippen molar-refractivity contribution in [3.05, 3.63) is 24.4 Å². The molecule has 6 atom stereocenters. The third-order valence-corrected chi connectivity index (χ3v) is 7.58. The predicted octanol–water partition coefficient (Wildman–Crippen LogP) is 0.0319. The van der Waals surface area contributed by atoms with Gasteiger partial charge in [-0.1, -0.05) is 16.9 Å². The van der Waals surface area contributed by atoms with Gasteiger partial charge in [-0.2, -0.15) is 0 Å². The minimum atomic E-state index is -1.22. The molecule has 0 spiro atoms. The molecular weight excluding hydrogens is 500 g/mol. The maximum Gasteiger partial charge on any atom is 0.176 e. The minimum absolute atomic E-state index is 0.0545. The number of nitrogens with zero attached hydrogens (tertiary/aromatic N) is 1. The molecule has 2 aliphatic heterocycles. The van der Waals surface area contributed by atoms with Crippen molar-refractivity contribution >= 4 is 21.6 Å². The van der Waals surface area contributed by atoms with Crippen LogP contribution < -0.4 is 5.32 Å². The van der Waals surface area contributed by atoms with Crippen LogP contribution >= 0.6 is 21.6 Å². The molecule has 2 aliphatic rings. The molecule has 200 valence electrons. The molecule has 13 heteroatoms. The van der Waals surface area contributed by atoms with Crippen molar-refractivity contribution in [1.29, 1.82) is 0 Å². The second-order valence-electron chi connectivity index (χ2n) is 8.13. The Kier molecular flexibility index (Phi) is 13.0. The lowest BCUT2D eigenvalue weighted by Crippen LogP contribution is -2.66. The van der Waals surface area contributed by atoms with Crippen molar-refractivity contribution < 1.29 is 43.7 Å². The first-order chi connectivity index (χ1) is 17.0. The van der Waals surface area contributed by atoms with E-state index in [1.807, 2.05) is 18.2 Å². The molecule has 11 nitrogen and oxygen atoms in total. The number of pyridine rings is 1. The Labute approximate surface area is 213 Å². The largest absolute Gasteiger partial charge is 0.388 e. The molecular formula is C22H36N2O9S2. The van der Waals surface area contributed by atoms with Crippen molar-refractivity contribution in [2.75, 3.05) is 65.2 Å². The molecule has 0 amide bonds. The summed E-state index contributed by atoms with van der Waals surface area (Å²) in [5.41, 5.74) is -1.14. The number of aromatic nitrogens is 1. The molecule has 2 bridgehead atoms. The van der Waals surface area contributed by atoms with E-state index in [4.69, 9.17) is 28.4 Å². The summed E-state index contributed by atoms with van der Waals surface area (Å²) in [6.07, 6.45) is -2.24. The summed E-state index contributed by atoms with van der Waals surface area (Å²) >= 11 is 0. The van der Waals surface area contributed by atoms with Gasteiger partial charge in [-0.05, 0) is 29.9 Å². The number of ether oxygens (including phenoxy) is 6. The van der Waals surface area contributed by atoms with E-state index in [0.717, 1.165) is 10.8 Å². The Morgan fingerprint density at radius 3 is 2.43 bits per heavy atom. The van der Waals surface area contributed by atoms with Crippen LogP contribution in [0, 0.1) is 0 Å². The molecule has 35 heavy (non-hydrogen) atoms. The van der Waals surface area contributed by atoms with Gasteiger partial charge in [0.2, 0.25) is 0 Å². The van der Waals surface area contributed by atoms with Crippen LogP contribution in [0.4, 0.5) is 0 Å². The Morgan fingerprint density at radius 2 is 1.77 bits per heavy atom. The molecule has 1 aromatic rings. The molecule has 0 aromatic carbocycles. The van der Waals surface area contributed by atoms with Crippen LogP contribution in [0.25, 0.3) is 0 Å². The van der Waals surface area contributed by atoms with Crippen molar-refractivity contribution in [3.63, 3.8) is 0 Å². The molecule has 1 aromatic heterocycles. The fourth-order valence-electron chi connectivity index (χ4n) is 3.64. The van der Waals surface area contributed by atoms with Crippen molar-refractivity contribution in [2.45, 2.75) is 48.3 Å². The molecule has 3 heterocycles. The number of nitrogens with one attached hydrogen (secondary N) is 1. The van der Waals surface area contributed by atoms with Crippen LogP contribution in [-0.2, 0) is 28.4 Å². The first-order valence-electron chi connectivity index (χ1n) is 11.6. The lowest BCUT2D eigenvalue weighted by Gasteiger charge is -2.43. The van der Waals surface area contributed by atoms with E-state index in [-0.39, 0.29) is 13.2 Å². The zero-order valence-electron chi connectivity index (χ0n) is 19.8. The van der Waals surface area contributed by atoms with Crippen molar-refractivity contribution in [1.82, 2.24) is 10.3 Å². The average Bonchev–Trinajstić information content (AvgIpc) is 3.26. The number of rotatable bonds is 18. The van der Waals surface area contributed by atoms with Gasteiger partial charge in [-0.25, -0.2) is 4.98 Å². The molecule has 2 fully saturated rings. The lowest BCUT2D eigenvalue weighted by molar-refractivity contribution is -0.241. The van der Waals surface area contributed by atoms with Gasteiger partial charge in [0, 0.05) is 11.9 Å². The van der Waals surface area contributed by atoms with Gasteiger partial charge >= 0.3 is 0 Å². The fourth-order valence-corrected chi connectivity index (χ4v) is 5.38. The van der Waals surface area contributed by atoms with Gasteiger partial charge in [0.15, 0.2) is 6.29 Å². The van der Waals surface area contributed by atoms with Crippen LogP contribution in [0.2, 0.25) is 0 Å². The number of hydrogen-bond acceptors (Lipinski definition) is 13. The number of aliphatic hydroxyl groups is 3. The van der Waals surface area contributed by atoms with Crippen LogP contribution in [0.3, 0.4) is 0 Å². The molecule has 0 saturated carbocycles. The first-order valence-corrected chi connectivity index (χ1v) is 13.9. The second-order valence-corrected chi connectivity index (χ2v) is 10.6. The van der Waals surface area contributed by atoms with Gasteiger partial charge in [-0.3, -0.25) is 5.32 Å². The van der Waals surface area contributed by atoms with Gasteiger partial charge in [0.25, 0.3) is 0 Å². The Balaban J connectivity index is 1.12. The van der Waals surface area contributed by atoms with E-state index in [2.05, 4.69) is 10.3 Å². The zero-order valence-corrected chi connectivity index (χ0v) is 21.5. The van der Waals surface area contributed by atoms with Gasteiger partial charge in [0.05, 0.1) is 65.5 Å². The lowest BCUT2D eigenvalue weighted by atomic mass is 9.88. The number of aliphatic hydroxyl groups excluding tert-OH is 3. The number of fused-ring (bicyclic) bond motifs is 2. The summed E-state index contributed by atoms with van der Waals surface area (Å²) in [6, 6.07) is 5.12. The van der Waals surface area contributed by atoms with E-state index in [9.17, 15) is 15.3 Å². The van der Waals surface area contributed by atoms with Crippen molar-refractivity contribution in [3.8, 4) is 0 Å². The van der Waals surface area contributed by atoms with E-state index >= 15 is 0 Å². The summed E-state index contributed by atoms with van der Waals surface area (Å²) in [7, 11) is 3.34. The summed E-state index contributed by atoms with van der Waals surface area (Å²) in [4.78, 5) is 4.25. The zero-order chi connectivity index (χ0) is 24.9. The van der Waals surface area contributed by atoms with E-state index in [0.29, 0.717) is 46.2 Å². The third kappa shape index (κ3) is 9.36. The molecule has 2 saturated heterocycles. The topological polar surface area (TPSA) is 141 Å². The summed E-state index contributed by atoms with van der Waals surface area (Å²) in [5.74, 6) is 0.874. The Bertz CT molecular complexity index is 709.